The molecule has 0 amide bonds. The molecule has 1 aromatic carbocycles. The molecule has 0 unspecified atom stereocenters. The van der Waals surface area contributed by atoms with Gasteiger partial charge in [0.1, 0.15) is 0 Å². The molecular weight excluding hydrogens is 286 g/mol. The normalized spacial score (nSPS) is 18.2. The van der Waals surface area contributed by atoms with Crippen molar-refractivity contribution >= 4 is 15.9 Å². The number of rotatable bonds is 3. The molecule has 0 atom stereocenters. The zero-order valence-electron chi connectivity index (χ0n) is 11.5. The molecule has 0 radical (unpaired) electrons. The highest BCUT2D eigenvalue weighted by Gasteiger charge is 2.33. The summed E-state index contributed by atoms with van der Waals surface area (Å²) in [6.07, 6.45) is 6.90. The Bertz CT molecular complexity index is 417. The summed E-state index contributed by atoms with van der Waals surface area (Å²) in [6.45, 7) is 7.71. The Morgan fingerprint density at radius 3 is 2.17 bits per heavy atom. The lowest BCUT2D eigenvalue weighted by Gasteiger charge is -2.34. The molecule has 2 rings (SSSR count). The SMILES string of the molecule is CC(C)(C)NCC1(c2ccc(Br)cc2)CC=CC1. The maximum Gasteiger partial charge on any atom is 0.0175 e. The molecule has 2 heteroatoms. The minimum Gasteiger partial charge on any atom is -0.311 e. The molecule has 0 saturated carbocycles. The Balaban J connectivity index is 2.19. The van der Waals surface area contributed by atoms with Gasteiger partial charge in [-0.1, -0.05) is 40.2 Å². The Morgan fingerprint density at radius 1 is 1.11 bits per heavy atom. The van der Waals surface area contributed by atoms with Gasteiger partial charge in [0, 0.05) is 22.0 Å². The predicted molar refractivity (Wildman–Crippen MR) is 81.9 cm³/mol. The summed E-state index contributed by atoms with van der Waals surface area (Å²) >= 11 is 3.51. The third kappa shape index (κ3) is 3.24. The van der Waals surface area contributed by atoms with Crippen LogP contribution in [0.2, 0.25) is 0 Å². The zero-order chi connectivity index (χ0) is 13.2. The summed E-state index contributed by atoms with van der Waals surface area (Å²) in [6, 6.07) is 8.79. The molecule has 1 nitrogen and oxygen atoms in total. The van der Waals surface area contributed by atoms with Crippen LogP contribution in [0.1, 0.15) is 39.2 Å². The molecule has 1 aliphatic carbocycles. The van der Waals surface area contributed by atoms with Crippen molar-refractivity contribution in [2.75, 3.05) is 6.54 Å². The fourth-order valence-corrected chi connectivity index (χ4v) is 2.69. The van der Waals surface area contributed by atoms with E-state index in [-0.39, 0.29) is 11.0 Å². The summed E-state index contributed by atoms with van der Waals surface area (Å²) < 4.78 is 1.15. The van der Waals surface area contributed by atoms with Gasteiger partial charge in [0.25, 0.3) is 0 Å². The van der Waals surface area contributed by atoms with E-state index in [2.05, 4.69) is 78.4 Å². The van der Waals surface area contributed by atoms with E-state index in [0.29, 0.717) is 0 Å². The summed E-state index contributed by atoms with van der Waals surface area (Å²) in [5.41, 5.74) is 1.85. The molecule has 0 saturated heterocycles. The molecule has 0 bridgehead atoms. The van der Waals surface area contributed by atoms with Gasteiger partial charge in [-0.25, -0.2) is 0 Å². The van der Waals surface area contributed by atoms with Gasteiger partial charge < -0.3 is 5.32 Å². The Morgan fingerprint density at radius 2 is 1.67 bits per heavy atom. The quantitative estimate of drug-likeness (QED) is 0.815. The van der Waals surface area contributed by atoms with Crippen LogP contribution in [0.15, 0.2) is 40.9 Å². The summed E-state index contributed by atoms with van der Waals surface area (Å²) in [5, 5.41) is 3.67. The van der Waals surface area contributed by atoms with Crippen molar-refractivity contribution in [1.29, 1.82) is 0 Å². The number of nitrogens with one attached hydrogen (secondary N) is 1. The lowest BCUT2D eigenvalue weighted by Crippen LogP contribution is -2.45. The van der Waals surface area contributed by atoms with E-state index in [0.717, 1.165) is 23.9 Å². The highest BCUT2D eigenvalue weighted by Crippen LogP contribution is 2.37. The van der Waals surface area contributed by atoms with Crippen LogP contribution in [0.3, 0.4) is 0 Å². The Kier molecular flexibility index (Phi) is 3.98. The minimum absolute atomic E-state index is 0.172. The largest absolute Gasteiger partial charge is 0.311 e. The first-order chi connectivity index (χ1) is 8.41. The molecular formula is C16H22BrN. The van der Waals surface area contributed by atoms with E-state index in [1.54, 1.807) is 0 Å². The third-order valence-electron chi connectivity index (χ3n) is 3.60. The van der Waals surface area contributed by atoms with Gasteiger partial charge in [0.15, 0.2) is 0 Å². The fourth-order valence-electron chi connectivity index (χ4n) is 2.42. The lowest BCUT2D eigenvalue weighted by atomic mass is 9.77. The molecule has 18 heavy (non-hydrogen) atoms. The molecule has 0 aromatic heterocycles. The second-order valence-electron chi connectivity index (χ2n) is 6.27. The fraction of sp³-hybridized carbons (Fsp3) is 0.500. The van der Waals surface area contributed by atoms with Crippen molar-refractivity contribution in [2.24, 2.45) is 0 Å². The van der Waals surface area contributed by atoms with E-state index in [9.17, 15) is 0 Å². The van der Waals surface area contributed by atoms with Crippen molar-refractivity contribution in [3.8, 4) is 0 Å². The monoisotopic (exact) mass is 307 g/mol. The second kappa shape index (κ2) is 5.18. The van der Waals surface area contributed by atoms with E-state index < -0.39 is 0 Å². The van der Waals surface area contributed by atoms with E-state index in [1.807, 2.05) is 0 Å². The van der Waals surface area contributed by atoms with Crippen LogP contribution in [-0.4, -0.2) is 12.1 Å². The van der Waals surface area contributed by atoms with Crippen LogP contribution in [-0.2, 0) is 5.41 Å². The summed E-state index contributed by atoms with van der Waals surface area (Å²) in [5.74, 6) is 0. The summed E-state index contributed by atoms with van der Waals surface area (Å²) in [7, 11) is 0. The van der Waals surface area contributed by atoms with E-state index in [1.165, 1.54) is 5.56 Å². The smallest absolute Gasteiger partial charge is 0.0175 e. The van der Waals surface area contributed by atoms with Crippen LogP contribution in [0, 0.1) is 0 Å². The molecule has 0 aliphatic heterocycles. The predicted octanol–water partition coefficient (Wildman–Crippen LogP) is 4.43. The van der Waals surface area contributed by atoms with Gasteiger partial charge in [-0.05, 0) is 51.3 Å². The van der Waals surface area contributed by atoms with Crippen LogP contribution >= 0.6 is 15.9 Å². The standard InChI is InChI=1S/C16H22BrN/c1-15(2,3)18-12-16(10-4-5-11-16)13-6-8-14(17)9-7-13/h4-9,18H,10-12H2,1-3H3. The molecule has 1 aromatic rings. The second-order valence-corrected chi connectivity index (χ2v) is 7.19. The van der Waals surface area contributed by atoms with E-state index in [4.69, 9.17) is 0 Å². The van der Waals surface area contributed by atoms with Crippen LogP contribution in [0.25, 0.3) is 0 Å². The number of benzene rings is 1. The molecule has 1 aliphatic rings. The minimum atomic E-state index is 0.172. The number of halogens is 1. The Labute approximate surface area is 119 Å². The van der Waals surface area contributed by atoms with Crippen molar-refractivity contribution in [2.45, 2.75) is 44.6 Å². The van der Waals surface area contributed by atoms with Crippen molar-refractivity contribution in [3.05, 3.63) is 46.5 Å². The van der Waals surface area contributed by atoms with E-state index >= 15 is 0 Å². The Hall–Kier alpha value is -0.600. The molecule has 1 N–H and O–H groups in total. The lowest BCUT2D eigenvalue weighted by molar-refractivity contribution is 0.340. The molecule has 0 fully saturated rings. The molecule has 0 heterocycles. The highest BCUT2D eigenvalue weighted by molar-refractivity contribution is 9.10. The average Bonchev–Trinajstić information content (AvgIpc) is 2.76. The first-order valence-corrected chi connectivity index (χ1v) is 7.37. The van der Waals surface area contributed by atoms with Crippen LogP contribution in [0.4, 0.5) is 0 Å². The maximum atomic E-state index is 3.67. The number of hydrogen-bond donors (Lipinski definition) is 1. The first-order valence-electron chi connectivity index (χ1n) is 6.57. The molecule has 98 valence electrons. The van der Waals surface area contributed by atoms with Gasteiger partial charge in [-0.3, -0.25) is 0 Å². The summed E-state index contributed by atoms with van der Waals surface area (Å²) in [4.78, 5) is 0. The van der Waals surface area contributed by atoms with Crippen LogP contribution < -0.4 is 5.32 Å². The van der Waals surface area contributed by atoms with Crippen molar-refractivity contribution < 1.29 is 0 Å². The number of allylic oxidation sites excluding steroid dienone is 2. The topological polar surface area (TPSA) is 12.0 Å². The van der Waals surface area contributed by atoms with Gasteiger partial charge in [-0.2, -0.15) is 0 Å². The van der Waals surface area contributed by atoms with Gasteiger partial charge in [0.05, 0.1) is 0 Å². The molecule has 0 spiro atoms. The highest BCUT2D eigenvalue weighted by atomic mass is 79.9. The van der Waals surface area contributed by atoms with Gasteiger partial charge >= 0.3 is 0 Å². The third-order valence-corrected chi connectivity index (χ3v) is 4.13. The first kappa shape index (κ1) is 13.8. The zero-order valence-corrected chi connectivity index (χ0v) is 13.0. The van der Waals surface area contributed by atoms with Gasteiger partial charge in [0.2, 0.25) is 0 Å². The van der Waals surface area contributed by atoms with Crippen molar-refractivity contribution in [1.82, 2.24) is 5.32 Å². The maximum absolute atomic E-state index is 3.67. The van der Waals surface area contributed by atoms with Crippen molar-refractivity contribution in [3.63, 3.8) is 0 Å². The number of hydrogen-bond acceptors (Lipinski definition) is 1. The van der Waals surface area contributed by atoms with Gasteiger partial charge in [-0.15, -0.1) is 0 Å². The average molecular weight is 308 g/mol. The van der Waals surface area contributed by atoms with Crippen LogP contribution in [0.5, 0.6) is 0 Å².